The van der Waals surface area contributed by atoms with Crippen molar-refractivity contribution in [1.82, 2.24) is 9.78 Å². The predicted molar refractivity (Wildman–Crippen MR) is 169 cm³/mol. The van der Waals surface area contributed by atoms with Crippen molar-refractivity contribution < 1.29 is 28.2 Å². The lowest BCUT2D eigenvalue weighted by atomic mass is 9.45. The molecular formula is C34H34FN3O5S2. The minimum absolute atomic E-state index is 0.0269. The zero-order chi connectivity index (χ0) is 31.6. The van der Waals surface area contributed by atoms with Gasteiger partial charge in [0.05, 0.1) is 35.0 Å². The lowest BCUT2D eigenvalue weighted by Gasteiger charge is -2.60. The number of furan rings is 1. The second-order valence-corrected chi connectivity index (χ2v) is 15.3. The van der Waals surface area contributed by atoms with Crippen LogP contribution in [0, 0.1) is 45.1 Å². The molecule has 45 heavy (non-hydrogen) atoms. The molecule has 11 heteroatoms. The molecule has 2 heterocycles. The number of hydrogen-bond donors (Lipinski definition) is 1. The number of halogens is 1. The molecule has 4 aliphatic rings. The number of nitriles is 1. The maximum atomic E-state index is 14.1. The number of rotatable bonds is 6. The number of esters is 1. The van der Waals surface area contributed by atoms with E-state index < -0.39 is 23.1 Å². The average Bonchev–Trinajstić information content (AvgIpc) is 3.75. The Hall–Kier alpha value is -3.33. The maximum absolute atomic E-state index is 14.1. The number of ether oxygens (including phenoxy) is 1. The number of hydrogen-bond acceptors (Lipinski definition) is 9. The summed E-state index contributed by atoms with van der Waals surface area (Å²) in [4.78, 5) is 27.4. The van der Waals surface area contributed by atoms with E-state index in [0.717, 1.165) is 59.7 Å². The number of aromatic nitrogens is 2. The Balaban J connectivity index is 1.22. The monoisotopic (exact) mass is 647 g/mol. The normalized spacial score (nSPS) is 33.2. The van der Waals surface area contributed by atoms with Crippen LogP contribution in [-0.4, -0.2) is 42.8 Å². The first-order valence-electron chi connectivity index (χ1n) is 15.3. The molecule has 3 saturated carbocycles. The van der Waals surface area contributed by atoms with Gasteiger partial charge in [-0.15, -0.1) is 0 Å². The third-order valence-corrected chi connectivity index (χ3v) is 12.9. The van der Waals surface area contributed by atoms with Crippen molar-refractivity contribution in [2.24, 2.45) is 28.6 Å². The summed E-state index contributed by atoms with van der Waals surface area (Å²) in [5, 5.41) is 27.8. The van der Waals surface area contributed by atoms with Gasteiger partial charge in [-0.05, 0) is 121 Å². The fraction of sp³-hybridized carbons (Fsp3) is 0.471. The number of carbonyl (C=O) groups is 2. The summed E-state index contributed by atoms with van der Waals surface area (Å²) in [5.41, 5.74) is 1.57. The zero-order valence-electron chi connectivity index (χ0n) is 25.1. The summed E-state index contributed by atoms with van der Waals surface area (Å²) < 4.78 is 27.0. The van der Waals surface area contributed by atoms with Crippen LogP contribution in [0.3, 0.4) is 0 Å². The molecule has 4 aliphatic carbocycles. The van der Waals surface area contributed by atoms with E-state index in [1.807, 2.05) is 23.2 Å². The number of aliphatic hydroxyl groups is 1. The lowest BCUT2D eigenvalue weighted by Crippen LogP contribution is -2.62. The molecule has 7 rings (SSSR count). The van der Waals surface area contributed by atoms with Crippen LogP contribution in [0.15, 0.2) is 58.8 Å². The van der Waals surface area contributed by atoms with E-state index in [9.17, 15) is 19.1 Å². The van der Waals surface area contributed by atoms with Crippen LogP contribution < -0.4 is 0 Å². The number of allylic oxidation sites excluding steroid dienone is 1. The molecule has 8 nitrogen and oxygen atoms in total. The number of benzene rings is 1. The quantitative estimate of drug-likeness (QED) is 0.134. The lowest BCUT2D eigenvalue weighted by molar-refractivity contribution is -0.175. The summed E-state index contributed by atoms with van der Waals surface area (Å²) in [6, 6.07) is 9.43. The summed E-state index contributed by atoms with van der Waals surface area (Å²) >= 11 is 1.98. The molecule has 0 aliphatic heterocycles. The highest BCUT2D eigenvalue weighted by Crippen LogP contribution is 2.69. The molecule has 1 aromatic carbocycles. The van der Waals surface area contributed by atoms with Crippen molar-refractivity contribution in [3.8, 4) is 11.1 Å². The fourth-order valence-electron chi connectivity index (χ4n) is 9.33. The molecule has 3 aromatic rings. The molecule has 0 bridgehead atoms. The topological polar surface area (TPSA) is 118 Å². The standard InChI is InChI=1S/C34H34FN3O5S2/c1-32-15-20-17-37-38(23-8-6-22(35)7-9-23)26(20)14-21(32)5-10-24-25-11-12-34(31(41)45-19-44-18-36,33(25,2)16-27(39)29(24)32)43-30(40)28-4-3-13-42-28/h3-4,6-9,13-14,17,24-25,27,29,39H,5,10-12,15-16,19H2,1-2H3/t24-,25-,27-,29+,32-,33-,34-/m0/s1. The van der Waals surface area contributed by atoms with Crippen molar-refractivity contribution >= 4 is 40.7 Å². The maximum Gasteiger partial charge on any atom is 0.375 e. The second kappa shape index (κ2) is 11.2. The molecule has 3 fully saturated rings. The average molecular weight is 648 g/mol. The minimum atomic E-state index is -1.46. The van der Waals surface area contributed by atoms with E-state index in [2.05, 4.69) is 18.1 Å². The molecular weight excluding hydrogens is 614 g/mol. The van der Waals surface area contributed by atoms with Crippen LogP contribution >= 0.6 is 23.5 Å². The van der Waals surface area contributed by atoms with Crippen molar-refractivity contribution in [1.29, 1.82) is 5.26 Å². The molecule has 0 saturated heterocycles. The second-order valence-electron chi connectivity index (χ2n) is 13.2. The Kier molecular flexibility index (Phi) is 7.53. The molecule has 234 valence electrons. The van der Waals surface area contributed by atoms with Crippen molar-refractivity contribution in [2.45, 2.75) is 64.1 Å². The van der Waals surface area contributed by atoms with Gasteiger partial charge in [0.2, 0.25) is 10.9 Å². The SMILES string of the molecule is C[C@]12Cc3cnn(-c4ccc(F)cc4)c3C=C1CC[C@@H]1[C@@H]2[C@@H](O)C[C@@]2(C)[C@H]1CC[C@]2(OC(=O)c1ccco1)C(=O)SCSC#N. The Morgan fingerprint density at radius 3 is 2.78 bits per heavy atom. The van der Waals surface area contributed by atoms with Gasteiger partial charge in [-0.25, -0.2) is 13.9 Å². The Bertz CT molecular complexity index is 1720. The van der Waals surface area contributed by atoms with Gasteiger partial charge in [-0.2, -0.15) is 10.4 Å². The molecule has 0 unspecified atom stereocenters. The van der Waals surface area contributed by atoms with Crippen LogP contribution in [0.5, 0.6) is 0 Å². The first-order chi connectivity index (χ1) is 21.6. The highest BCUT2D eigenvalue weighted by Gasteiger charge is 2.70. The van der Waals surface area contributed by atoms with Crippen molar-refractivity contribution in [3.05, 3.63) is 77.3 Å². The highest BCUT2D eigenvalue weighted by atomic mass is 32.2. The minimum Gasteiger partial charge on any atom is -0.457 e. The van der Waals surface area contributed by atoms with Gasteiger partial charge in [-0.1, -0.05) is 31.2 Å². The first kappa shape index (κ1) is 30.3. The molecule has 7 atom stereocenters. The Morgan fingerprint density at radius 1 is 1.24 bits per heavy atom. The van der Waals surface area contributed by atoms with E-state index in [4.69, 9.17) is 14.4 Å². The zero-order valence-corrected chi connectivity index (χ0v) is 26.7. The van der Waals surface area contributed by atoms with Crippen molar-refractivity contribution in [3.63, 3.8) is 0 Å². The van der Waals surface area contributed by atoms with E-state index in [-0.39, 0.29) is 44.9 Å². The van der Waals surface area contributed by atoms with Crippen LogP contribution in [-0.2, 0) is 16.0 Å². The largest absolute Gasteiger partial charge is 0.457 e. The first-order valence-corrected chi connectivity index (χ1v) is 17.3. The Labute approximate surface area is 269 Å². The van der Waals surface area contributed by atoms with E-state index in [0.29, 0.717) is 19.3 Å². The van der Waals surface area contributed by atoms with Gasteiger partial charge in [0.15, 0.2) is 5.60 Å². The van der Waals surface area contributed by atoms with Gasteiger partial charge >= 0.3 is 5.97 Å². The predicted octanol–water partition coefficient (Wildman–Crippen LogP) is 6.78. The van der Waals surface area contributed by atoms with Crippen LogP contribution in [0.2, 0.25) is 0 Å². The molecule has 0 radical (unpaired) electrons. The molecule has 0 amide bonds. The van der Waals surface area contributed by atoms with E-state index >= 15 is 0 Å². The Morgan fingerprint density at radius 2 is 2.04 bits per heavy atom. The number of thioether (sulfide) groups is 2. The van der Waals surface area contributed by atoms with Gasteiger partial charge in [-0.3, -0.25) is 4.79 Å². The van der Waals surface area contributed by atoms with Gasteiger partial charge < -0.3 is 14.3 Å². The highest BCUT2D eigenvalue weighted by molar-refractivity contribution is 8.25. The molecule has 2 aromatic heterocycles. The van der Waals surface area contributed by atoms with Crippen molar-refractivity contribution in [2.75, 3.05) is 5.08 Å². The van der Waals surface area contributed by atoms with Crippen LogP contribution in [0.1, 0.15) is 67.8 Å². The number of carbonyl (C=O) groups excluding carboxylic acids is 2. The number of fused-ring (bicyclic) bond motifs is 6. The van der Waals surface area contributed by atoms with Gasteiger partial charge in [0.25, 0.3) is 0 Å². The summed E-state index contributed by atoms with van der Waals surface area (Å²) in [6.45, 7) is 4.26. The van der Waals surface area contributed by atoms with Gasteiger partial charge in [0, 0.05) is 5.41 Å². The number of aliphatic hydroxyl groups excluding tert-OH is 1. The number of nitrogens with zero attached hydrogens (tertiary/aromatic N) is 3. The summed E-state index contributed by atoms with van der Waals surface area (Å²) in [7, 11) is 0. The number of thiocyanates is 1. The summed E-state index contributed by atoms with van der Waals surface area (Å²) in [6.07, 6.45) is 8.51. The molecule has 0 spiro atoms. The van der Waals surface area contributed by atoms with E-state index in [1.54, 1.807) is 18.2 Å². The van der Waals surface area contributed by atoms with Gasteiger partial charge in [0.1, 0.15) is 11.2 Å². The van der Waals surface area contributed by atoms with Crippen LogP contribution in [0.25, 0.3) is 11.8 Å². The van der Waals surface area contributed by atoms with E-state index in [1.165, 1.54) is 30.0 Å². The molecule has 1 N–H and O–H groups in total. The fourth-order valence-corrected chi connectivity index (χ4v) is 10.8. The third-order valence-electron chi connectivity index (χ3n) is 11.2. The smallest absolute Gasteiger partial charge is 0.375 e. The third kappa shape index (κ3) is 4.63. The van der Waals surface area contributed by atoms with Crippen LogP contribution in [0.4, 0.5) is 4.39 Å². The summed E-state index contributed by atoms with van der Waals surface area (Å²) in [5.74, 6) is -0.852.